The Balaban J connectivity index is 1.82. The van der Waals surface area contributed by atoms with Gasteiger partial charge in [0.25, 0.3) is 0 Å². The average Bonchev–Trinajstić information content (AvgIpc) is 2.57. The molecule has 0 amide bonds. The minimum atomic E-state index is 0.0639. The van der Waals surface area contributed by atoms with Crippen LogP contribution in [0, 0.1) is 0 Å². The number of hydrogen-bond donors (Lipinski definition) is 0. The van der Waals surface area contributed by atoms with Crippen LogP contribution in [0.3, 0.4) is 0 Å². The summed E-state index contributed by atoms with van der Waals surface area (Å²) in [6, 6.07) is 0. The van der Waals surface area contributed by atoms with Crippen molar-refractivity contribution in [2.24, 2.45) is 0 Å². The molecule has 2 heterocycles. The Bertz CT molecular complexity index is 260. The van der Waals surface area contributed by atoms with Crippen LogP contribution in [0.15, 0.2) is 0 Å². The minimum absolute atomic E-state index is 0.0639. The molecular weight excluding hydrogens is 238 g/mol. The van der Waals surface area contributed by atoms with Crippen LogP contribution in [0.2, 0.25) is 0 Å². The molecule has 3 unspecified atom stereocenters. The van der Waals surface area contributed by atoms with Gasteiger partial charge in [0.15, 0.2) is 0 Å². The third kappa shape index (κ3) is 3.82. The summed E-state index contributed by atoms with van der Waals surface area (Å²) in [6.45, 7) is 9.42. The molecule has 0 radical (unpaired) electrons. The van der Waals surface area contributed by atoms with E-state index in [0.717, 1.165) is 26.1 Å². The van der Waals surface area contributed by atoms with E-state index in [9.17, 15) is 0 Å². The lowest BCUT2D eigenvalue weighted by molar-refractivity contribution is -0.0873. The van der Waals surface area contributed by atoms with Gasteiger partial charge < -0.3 is 9.47 Å². The molecule has 0 bridgehead atoms. The van der Waals surface area contributed by atoms with Crippen LogP contribution < -0.4 is 0 Å². The quantitative estimate of drug-likeness (QED) is 0.728. The van der Waals surface area contributed by atoms with E-state index in [1.807, 2.05) is 0 Å². The first-order chi connectivity index (χ1) is 7.98. The highest BCUT2D eigenvalue weighted by Crippen LogP contribution is 2.30. The van der Waals surface area contributed by atoms with Crippen LogP contribution >= 0.6 is 11.6 Å². The molecule has 0 aromatic rings. The molecule has 2 rings (SSSR count). The first-order valence-electron chi connectivity index (χ1n) is 6.60. The zero-order chi connectivity index (χ0) is 12.5. The molecule has 0 aromatic heterocycles. The second kappa shape index (κ2) is 5.43. The number of ether oxygens (including phenoxy) is 2. The second-order valence-corrected chi connectivity index (χ2v) is 6.29. The summed E-state index contributed by atoms with van der Waals surface area (Å²) in [6.07, 6.45) is 3.17. The Morgan fingerprint density at radius 2 is 2.06 bits per heavy atom. The van der Waals surface area contributed by atoms with Crippen molar-refractivity contribution in [3.05, 3.63) is 0 Å². The van der Waals surface area contributed by atoms with Gasteiger partial charge in [-0.1, -0.05) is 0 Å². The smallest absolute Gasteiger partial charge is 0.0841 e. The maximum absolute atomic E-state index is 6.04. The summed E-state index contributed by atoms with van der Waals surface area (Å²) in [4.78, 5) is 2.44. The fraction of sp³-hybridized carbons (Fsp3) is 1.00. The summed E-state index contributed by atoms with van der Waals surface area (Å²) < 4.78 is 11.8. The molecule has 2 aliphatic rings. The van der Waals surface area contributed by atoms with Gasteiger partial charge in [-0.3, -0.25) is 4.90 Å². The Morgan fingerprint density at radius 3 is 2.65 bits per heavy atom. The van der Waals surface area contributed by atoms with Crippen LogP contribution in [0.1, 0.15) is 33.6 Å². The first-order valence-corrected chi connectivity index (χ1v) is 7.13. The highest BCUT2D eigenvalue weighted by molar-refractivity contribution is 6.18. The molecule has 100 valence electrons. The number of nitrogens with zero attached hydrogens (tertiary/aromatic N) is 1. The molecule has 2 fully saturated rings. The Morgan fingerprint density at radius 1 is 1.29 bits per heavy atom. The molecule has 17 heavy (non-hydrogen) atoms. The summed E-state index contributed by atoms with van der Waals surface area (Å²) >= 11 is 5.89. The van der Waals surface area contributed by atoms with E-state index in [2.05, 4.69) is 25.7 Å². The zero-order valence-electron chi connectivity index (χ0n) is 11.1. The number of hydrogen-bond acceptors (Lipinski definition) is 3. The maximum Gasteiger partial charge on any atom is 0.0841 e. The van der Waals surface area contributed by atoms with Gasteiger partial charge in [-0.05, 0) is 33.6 Å². The second-order valence-electron chi connectivity index (χ2n) is 5.98. The zero-order valence-corrected chi connectivity index (χ0v) is 11.9. The monoisotopic (exact) mass is 261 g/mol. The van der Waals surface area contributed by atoms with Crippen molar-refractivity contribution in [3.8, 4) is 0 Å². The van der Waals surface area contributed by atoms with Crippen molar-refractivity contribution in [1.82, 2.24) is 4.90 Å². The number of morpholine rings is 1. The van der Waals surface area contributed by atoms with E-state index in [-0.39, 0.29) is 17.8 Å². The lowest BCUT2D eigenvalue weighted by Gasteiger charge is -2.37. The average molecular weight is 262 g/mol. The van der Waals surface area contributed by atoms with Gasteiger partial charge in [-0.15, -0.1) is 11.6 Å². The molecule has 0 saturated carbocycles. The van der Waals surface area contributed by atoms with E-state index in [1.54, 1.807) is 0 Å². The van der Waals surface area contributed by atoms with Gasteiger partial charge in [0.05, 0.1) is 23.9 Å². The van der Waals surface area contributed by atoms with Crippen molar-refractivity contribution in [3.63, 3.8) is 0 Å². The third-order valence-electron chi connectivity index (χ3n) is 3.59. The van der Waals surface area contributed by atoms with Crippen molar-refractivity contribution in [2.75, 3.05) is 25.5 Å². The summed E-state index contributed by atoms with van der Waals surface area (Å²) in [5.74, 6) is 0.581. The van der Waals surface area contributed by atoms with E-state index in [1.165, 1.54) is 6.42 Å². The van der Waals surface area contributed by atoms with Gasteiger partial charge in [0, 0.05) is 25.5 Å². The number of alkyl halides is 1. The standard InChI is InChI=1S/C13H24ClNO2/c1-10-7-15(9-12(6-14)16-10)8-11-4-5-13(2,3)17-11/h10-12H,4-9H2,1-3H3. The Kier molecular flexibility index (Phi) is 4.35. The normalized spacial score (nSPS) is 38.5. The minimum Gasteiger partial charge on any atom is -0.371 e. The fourth-order valence-electron chi connectivity index (χ4n) is 2.87. The maximum atomic E-state index is 6.04. The number of halogens is 1. The van der Waals surface area contributed by atoms with Crippen molar-refractivity contribution >= 4 is 11.6 Å². The molecule has 2 aliphatic heterocycles. The lowest BCUT2D eigenvalue weighted by Crippen LogP contribution is -2.49. The molecule has 3 atom stereocenters. The summed E-state index contributed by atoms with van der Waals surface area (Å²) in [5, 5.41) is 0. The predicted molar refractivity (Wildman–Crippen MR) is 69.7 cm³/mol. The van der Waals surface area contributed by atoms with Crippen LogP contribution in [0.4, 0.5) is 0 Å². The van der Waals surface area contributed by atoms with Crippen LogP contribution in [0.5, 0.6) is 0 Å². The van der Waals surface area contributed by atoms with E-state index >= 15 is 0 Å². The van der Waals surface area contributed by atoms with Crippen molar-refractivity contribution < 1.29 is 9.47 Å². The SMILES string of the molecule is CC1CN(CC2CCC(C)(C)O2)CC(CCl)O1. The topological polar surface area (TPSA) is 21.7 Å². The summed E-state index contributed by atoms with van der Waals surface area (Å²) in [5.41, 5.74) is 0.0639. The van der Waals surface area contributed by atoms with Crippen molar-refractivity contribution in [2.45, 2.75) is 57.5 Å². The fourth-order valence-corrected chi connectivity index (χ4v) is 3.04. The van der Waals surface area contributed by atoms with E-state index in [4.69, 9.17) is 21.1 Å². The highest BCUT2D eigenvalue weighted by atomic mass is 35.5. The molecule has 0 aliphatic carbocycles. The Hall–Kier alpha value is 0.170. The van der Waals surface area contributed by atoms with Crippen molar-refractivity contribution in [1.29, 1.82) is 0 Å². The van der Waals surface area contributed by atoms with Gasteiger partial charge in [-0.25, -0.2) is 0 Å². The molecular formula is C13H24ClNO2. The molecule has 4 heteroatoms. The lowest BCUT2D eigenvalue weighted by atomic mass is 10.1. The van der Waals surface area contributed by atoms with E-state index in [0.29, 0.717) is 12.0 Å². The van der Waals surface area contributed by atoms with Gasteiger partial charge in [0.1, 0.15) is 0 Å². The predicted octanol–water partition coefficient (Wildman–Crippen LogP) is 2.27. The number of rotatable bonds is 3. The van der Waals surface area contributed by atoms with Crippen LogP contribution in [0.25, 0.3) is 0 Å². The van der Waals surface area contributed by atoms with Gasteiger partial charge >= 0.3 is 0 Å². The van der Waals surface area contributed by atoms with E-state index < -0.39 is 0 Å². The molecule has 2 saturated heterocycles. The summed E-state index contributed by atoms with van der Waals surface area (Å²) in [7, 11) is 0. The molecule has 0 N–H and O–H groups in total. The van der Waals surface area contributed by atoms with Crippen LogP contribution in [-0.2, 0) is 9.47 Å². The third-order valence-corrected chi connectivity index (χ3v) is 3.93. The highest BCUT2D eigenvalue weighted by Gasteiger charge is 2.34. The first kappa shape index (κ1) is 13.6. The van der Waals surface area contributed by atoms with Crippen LogP contribution in [-0.4, -0.2) is 54.3 Å². The van der Waals surface area contributed by atoms with Gasteiger partial charge in [0.2, 0.25) is 0 Å². The largest absolute Gasteiger partial charge is 0.371 e. The molecule has 0 spiro atoms. The Labute approximate surface area is 109 Å². The van der Waals surface area contributed by atoms with Gasteiger partial charge in [-0.2, -0.15) is 0 Å². The molecule has 3 nitrogen and oxygen atoms in total. The molecule has 0 aromatic carbocycles.